The van der Waals surface area contributed by atoms with Gasteiger partial charge in [0.2, 0.25) is 0 Å². The Bertz CT molecular complexity index is 314. The molecule has 0 bridgehead atoms. The fourth-order valence-electron chi connectivity index (χ4n) is 1.41. The van der Waals surface area contributed by atoms with Crippen LogP contribution >= 0.6 is 0 Å². The van der Waals surface area contributed by atoms with E-state index in [1.807, 2.05) is 18.7 Å². The molecule has 2 nitrogen and oxygen atoms in total. The number of phenols is 1. The fraction of sp³-hybridized carbons (Fsp3) is 0.455. The summed E-state index contributed by atoms with van der Waals surface area (Å²) in [4.78, 5) is 2.03. The van der Waals surface area contributed by atoms with Gasteiger partial charge >= 0.3 is 0 Å². The van der Waals surface area contributed by atoms with Gasteiger partial charge in [0, 0.05) is 6.54 Å². The number of phenolic OH excluding ortho intramolecular Hbond substituents is 1. The minimum Gasteiger partial charge on any atom is -0.503 e. The van der Waals surface area contributed by atoms with E-state index < -0.39 is 17.4 Å². The summed E-state index contributed by atoms with van der Waals surface area (Å²) in [6.45, 7) is 6.09. The molecule has 1 aromatic rings. The van der Waals surface area contributed by atoms with Crippen molar-refractivity contribution < 1.29 is 13.9 Å². The molecule has 0 atom stereocenters. The van der Waals surface area contributed by atoms with Gasteiger partial charge in [-0.05, 0) is 30.8 Å². The Morgan fingerprint density at radius 3 is 2.00 bits per heavy atom. The number of aromatic hydroxyl groups is 1. The van der Waals surface area contributed by atoms with Crippen molar-refractivity contribution in [3.05, 3.63) is 29.3 Å². The van der Waals surface area contributed by atoms with Crippen molar-refractivity contribution >= 4 is 0 Å². The summed E-state index contributed by atoms with van der Waals surface area (Å²) in [5, 5.41) is 8.92. The first-order valence-electron chi connectivity index (χ1n) is 4.97. The molecule has 0 saturated heterocycles. The summed E-state index contributed by atoms with van der Waals surface area (Å²) in [6.07, 6.45) is 0. The maximum Gasteiger partial charge on any atom is 0.187 e. The third-order valence-electron chi connectivity index (χ3n) is 2.38. The molecule has 0 aliphatic rings. The van der Waals surface area contributed by atoms with Crippen LogP contribution in [-0.2, 0) is 6.54 Å². The number of hydrogen-bond acceptors (Lipinski definition) is 2. The third-order valence-corrected chi connectivity index (χ3v) is 2.38. The van der Waals surface area contributed by atoms with Crippen molar-refractivity contribution in [2.75, 3.05) is 13.1 Å². The van der Waals surface area contributed by atoms with Gasteiger partial charge in [0.05, 0.1) is 0 Å². The molecule has 0 heterocycles. The zero-order valence-corrected chi connectivity index (χ0v) is 8.93. The third kappa shape index (κ3) is 2.89. The standard InChI is InChI=1S/C11H15F2NO/c1-3-14(4-2)7-8-5-9(12)11(15)10(13)6-8/h5-6,15H,3-4,7H2,1-2H3. The highest BCUT2D eigenvalue weighted by atomic mass is 19.1. The van der Waals surface area contributed by atoms with Crippen LogP contribution in [0.3, 0.4) is 0 Å². The van der Waals surface area contributed by atoms with Crippen molar-refractivity contribution in [3.8, 4) is 5.75 Å². The summed E-state index contributed by atoms with van der Waals surface area (Å²) in [5.74, 6) is -2.72. The van der Waals surface area contributed by atoms with E-state index in [9.17, 15) is 8.78 Å². The second-order valence-electron chi connectivity index (χ2n) is 3.37. The van der Waals surface area contributed by atoms with E-state index in [1.165, 1.54) is 0 Å². The van der Waals surface area contributed by atoms with Gasteiger partial charge in [0.25, 0.3) is 0 Å². The van der Waals surface area contributed by atoms with E-state index in [0.717, 1.165) is 25.2 Å². The maximum atomic E-state index is 13.0. The highest BCUT2D eigenvalue weighted by Gasteiger charge is 2.10. The van der Waals surface area contributed by atoms with Crippen molar-refractivity contribution in [1.29, 1.82) is 0 Å². The zero-order chi connectivity index (χ0) is 11.4. The largest absolute Gasteiger partial charge is 0.503 e. The normalized spacial score (nSPS) is 11.0. The number of nitrogens with zero attached hydrogens (tertiary/aromatic N) is 1. The lowest BCUT2D eigenvalue weighted by molar-refractivity contribution is 0.294. The summed E-state index contributed by atoms with van der Waals surface area (Å²) in [5.41, 5.74) is 0.534. The van der Waals surface area contributed by atoms with Crippen LogP contribution in [0.4, 0.5) is 8.78 Å². The highest BCUT2D eigenvalue weighted by Crippen LogP contribution is 2.22. The molecule has 0 unspecified atom stereocenters. The van der Waals surface area contributed by atoms with E-state index in [-0.39, 0.29) is 0 Å². The summed E-state index contributed by atoms with van der Waals surface area (Å²) < 4.78 is 26.0. The lowest BCUT2D eigenvalue weighted by Gasteiger charge is -2.18. The Balaban J connectivity index is 2.87. The highest BCUT2D eigenvalue weighted by molar-refractivity contribution is 5.29. The van der Waals surface area contributed by atoms with Gasteiger partial charge in [-0.2, -0.15) is 0 Å². The first-order valence-corrected chi connectivity index (χ1v) is 4.97. The molecule has 0 saturated carbocycles. The minimum absolute atomic E-state index is 0.487. The Kier molecular flexibility index (Phi) is 4.03. The fourth-order valence-corrected chi connectivity index (χ4v) is 1.41. The van der Waals surface area contributed by atoms with Crippen molar-refractivity contribution in [1.82, 2.24) is 4.90 Å². The summed E-state index contributed by atoms with van der Waals surface area (Å²) in [7, 11) is 0. The van der Waals surface area contributed by atoms with Crippen molar-refractivity contribution in [2.24, 2.45) is 0 Å². The number of halogens is 2. The molecule has 0 radical (unpaired) electrons. The molecule has 0 aliphatic heterocycles. The SMILES string of the molecule is CCN(CC)Cc1cc(F)c(O)c(F)c1. The van der Waals surface area contributed by atoms with E-state index >= 15 is 0 Å². The smallest absolute Gasteiger partial charge is 0.187 e. The molecule has 0 spiro atoms. The summed E-state index contributed by atoms with van der Waals surface area (Å²) in [6, 6.07) is 2.33. The van der Waals surface area contributed by atoms with E-state index in [0.29, 0.717) is 12.1 Å². The molecular weight excluding hydrogens is 200 g/mol. The molecule has 1 aromatic carbocycles. The zero-order valence-electron chi connectivity index (χ0n) is 8.93. The van der Waals surface area contributed by atoms with Gasteiger partial charge in [0.1, 0.15) is 0 Å². The Morgan fingerprint density at radius 1 is 1.13 bits per heavy atom. The van der Waals surface area contributed by atoms with Crippen LogP contribution in [0.2, 0.25) is 0 Å². The van der Waals surface area contributed by atoms with Gasteiger partial charge in [-0.3, -0.25) is 4.90 Å². The van der Waals surface area contributed by atoms with Crippen LogP contribution in [0.25, 0.3) is 0 Å². The van der Waals surface area contributed by atoms with Gasteiger partial charge in [-0.1, -0.05) is 13.8 Å². The van der Waals surface area contributed by atoms with E-state index in [4.69, 9.17) is 5.11 Å². The average molecular weight is 215 g/mol. The number of rotatable bonds is 4. The van der Waals surface area contributed by atoms with Gasteiger partial charge in [0.15, 0.2) is 17.4 Å². The van der Waals surface area contributed by atoms with Crippen LogP contribution < -0.4 is 0 Å². The van der Waals surface area contributed by atoms with Crippen LogP contribution in [0.15, 0.2) is 12.1 Å². The van der Waals surface area contributed by atoms with E-state index in [1.54, 1.807) is 0 Å². The Morgan fingerprint density at radius 2 is 1.60 bits per heavy atom. The van der Waals surface area contributed by atoms with E-state index in [2.05, 4.69) is 0 Å². The number of benzene rings is 1. The molecular formula is C11H15F2NO. The van der Waals surface area contributed by atoms with Crippen LogP contribution in [0, 0.1) is 11.6 Å². The lowest BCUT2D eigenvalue weighted by atomic mass is 10.2. The predicted molar refractivity (Wildman–Crippen MR) is 54.6 cm³/mol. The first-order chi connectivity index (χ1) is 7.08. The molecule has 1 rings (SSSR count). The molecule has 84 valence electrons. The molecule has 0 fully saturated rings. The van der Waals surface area contributed by atoms with Crippen LogP contribution in [0.1, 0.15) is 19.4 Å². The monoisotopic (exact) mass is 215 g/mol. The lowest BCUT2D eigenvalue weighted by Crippen LogP contribution is -2.22. The molecule has 15 heavy (non-hydrogen) atoms. The maximum absolute atomic E-state index is 13.0. The molecule has 0 amide bonds. The Hall–Kier alpha value is -1.16. The second kappa shape index (κ2) is 5.07. The second-order valence-corrected chi connectivity index (χ2v) is 3.37. The molecule has 4 heteroatoms. The summed E-state index contributed by atoms with van der Waals surface area (Å²) >= 11 is 0. The topological polar surface area (TPSA) is 23.5 Å². The number of hydrogen-bond donors (Lipinski definition) is 1. The van der Waals surface area contributed by atoms with Crippen molar-refractivity contribution in [2.45, 2.75) is 20.4 Å². The Labute approximate surface area is 88.1 Å². The minimum atomic E-state index is -0.905. The quantitative estimate of drug-likeness (QED) is 0.834. The molecule has 0 aromatic heterocycles. The molecule has 1 N–H and O–H groups in total. The molecule has 0 aliphatic carbocycles. The average Bonchev–Trinajstić information content (AvgIpc) is 2.22. The van der Waals surface area contributed by atoms with Crippen molar-refractivity contribution in [3.63, 3.8) is 0 Å². The van der Waals surface area contributed by atoms with Gasteiger partial charge in [-0.25, -0.2) is 8.78 Å². The predicted octanol–water partition coefficient (Wildman–Crippen LogP) is 2.51. The van der Waals surface area contributed by atoms with Gasteiger partial charge < -0.3 is 5.11 Å². The van der Waals surface area contributed by atoms with Crippen LogP contribution in [-0.4, -0.2) is 23.1 Å². The first kappa shape index (κ1) is 11.9. The van der Waals surface area contributed by atoms with Crippen LogP contribution in [0.5, 0.6) is 5.75 Å². The van der Waals surface area contributed by atoms with Gasteiger partial charge in [-0.15, -0.1) is 0 Å².